The third kappa shape index (κ3) is 3.62. The van der Waals surface area contributed by atoms with Crippen molar-refractivity contribution >= 4 is 40.6 Å². The average molecular weight is 377 g/mol. The highest BCUT2D eigenvalue weighted by molar-refractivity contribution is 6.33. The molecule has 2 aromatic carbocycles. The zero-order chi connectivity index (χ0) is 18.0. The number of benzene rings is 2. The van der Waals surface area contributed by atoms with Gasteiger partial charge in [0.15, 0.2) is 0 Å². The quantitative estimate of drug-likeness (QED) is 0.522. The molecule has 0 fully saturated rings. The molecule has 25 heavy (non-hydrogen) atoms. The third-order valence-corrected chi connectivity index (χ3v) is 3.93. The van der Waals surface area contributed by atoms with Crippen molar-refractivity contribution in [1.29, 1.82) is 0 Å². The van der Waals surface area contributed by atoms with Crippen molar-refractivity contribution in [2.24, 2.45) is 0 Å². The lowest BCUT2D eigenvalue weighted by Gasteiger charge is -2.09. The number of nitro benzene ring substituents is 1. The Bertz CT molecular complexity index is 954. The number of nitro groups is 1. The zero-order valence-corrected chi connectivity index (χ0v) is 14.0. The first-order chi connectivity index (χ1) is 12.0. The first kappa shape index (κ1) is 16.9. The van der Waals surface area contributed by atoms with Crippen molar-refractivity contribution in [2.75, 3.05) is 5.32 Å². The Hall–Kier alpha value is -2.90. The van der Waals surface area contributed by atoms with E-state index in [1.165, 1.54) is 24.4 Å². The molecule has 1 heterocycles. The monoisotopic (exact) mass is 376 g/mol. The molecule has 3 aromatic rings. The summed E-state index contributed by atoms with van der Waals surface area (Å²) < 4.78 is 1.13. The van der Waals surface area contributed by atoms with Gasteiger partial charge in [0.2, 0.25) is 0 Å². The molecule has 0 spiro atoms. The van der Waals surface area contributed by atoms with Gasteiger partial charge in [-0.25, -0.2) is 4.79 Å². The Labute approximate surface area is 151 Å². The second-order valence-electron chi connectivity index (χ2n) is 4.99. The number of nitrogens with one attached hydrogen (secondary N) is 1. The van der Waals surface area contributed by atoms with Crippen LogP contribution in [-0.4, -0.2) is 20.7 Å². The Morgan fingerprint density at radius 1 is 1.12 bits per heavy atom. The number of carbonyl (C=O) groups is 1. The number of aromatic nitrogens is 2. The fourth-order valence-electron chi connectivity index (χ4n) is 2.20. The SMILES string of the molecule is O=C(Nc1ccc(Cl)cc1)n1nccc1-c1ccc([N+](=O)[O-])cc1Cl. The van der Waals surface area contributed by atoms with Gasteiger partial charge in [-0.2, -0.15) is 9.78 Å². The molecule has 0 aliphatic rings. The standard InChI is InChI=1S/C16H10Cl2N4O3/c17-10-1-3-11(4-2-10)20-16(23)21-15(7-8-19-21)13-6-5-12(22(24)25)9-14(13)18/h1-9H,(H,20,23). The molecule has 0 saturated carbocycles. The maximum atomic E-state index is 12.4. The zero-order valence-electron chi connectivity index (χ0n) is 12.5. The number of carbonyl (C=O) groups excluding carboxylic acids is 1. The van der Waals surface area contributed by atoms with E-state index in [0.29, 0.717) is 22.0 Å². The molecule has 9 heteroatoms. The molecule has 7 nitrogen and oxygen atoms in total. The summed E-state index contributed by atoms with van der Waals surface area (Å²) in [7, 11) is 0. The number of non-ortho nitro benzene ring substituents is 1. The Morgan fingerprint density at radius 2 is 1.84 bits per heavy atom. The molecular weight excluding hydrogens is 367 g/mol. The van der Waals surface area contributed by atoms with Crippen LogP contribution in [-0.2, 0) is 0 Å². The van der Waals surface area contributed by atoms with Crippen molar-refractivity contribution in [3.8, 4) is 11.3 Å². The molecule has 3 rings (SSSR count). The van der Waals surface area contributed by atoms with Crippen LogP contribution in [0.1, 0.15) is 0 Å². The Kier molecular flexibility index (Phi) is 4.69. The molecule has 1 aromatic heterocycles. The highest BCUT2D eigenvalue weighted by Gasteiger charge is 2.17. The molecule has 0 aliphatic heterocycles. The highest BCUT2D eigenvalue weighted by atomic mass is 35.5. The first-order valence-electron chi connectivity index (χ1n) is 7.01. The Balaban J connectivity index is 1.91. The summed E-state index contributed by atoms with van der Waals surface area (Å²) in [5, 5.41) is 18.2. The van der Waals surface area contributed by atoms with Gasteiger partial charge in [-0.15, -0.1) is 0 Å². The summed E-state index contributed by atoms with van der Waals surface area (Å²) in [6, 6.07) is 11.7. The lowest BCUT2D eigenvalue weighted by atomic mass is 10.1. The van der Waals surface area contributed by atoms with Crippen LogP contribution in [0.15, 0.2) is 54.7 Å². The maximum absolute atomic E-state index is 12.4. The van der Waals surface area contributed by atoms with Gasteiger partial charge in [-0.1, -0.05) is 23.2 Å². The van der Waals surface area contributed by atoms with E-state index in [4.69, 9.17) is 23.2 Å². The number of halogens is 2. The maximum Gasteiger partial charge on any atom is 0.347 e. The minimum atomic E-state index is -0.541. The molecule has 0 atom stereocenters. The molecule has 0 radical (unpaired) electrons. The summed E-state index contributed by atoms with van der Waals surface area (Å²) in [6.07, 6.45) is 1.44. The van der Waals surface area contributed by atoms with Gasteiger partial charge >= 0.3 is 6.03 Å². The number of anilines is 1. The van der Waals surface area contributed by atoms with Gasteiger partial charge in [0.05, 0.1) is 21.8 Å². The largest absolute Gasteiger partial charge is 0.347 e. The molecule has 126 valence electrons. The van der Waals surface area contributed by atoms with Gasteiger partial charge in [-0.05, 0) is 36.4 Å². The molecule has 0 saturated heterocycles. The fourth-order valence-corrected chi connectivity index (χ4v) is 2.60. The molecule has 1 amide bonds. The number of hydrogen-bond donors (Lipinski definition) is 1. The van der Waals surface area contributed by atoms with E-state index in [2.05, 4.69) is 10.4 Å². The first-order valence-corrected chi connectivity index (χ1v) is 7.76. The molecule has 1 N–H and O–H groups in total. The van der Waals surface area contributed by atoms with Gasteiger partial charge in [0.25, 0.3) is 5.69 Å². The van der Waals surface area contributed by atoms with Crippen LogP contribution in [0.2, 0.25) is 10.0 Å². The van der Waals surface area contributed by atoms with Gasteiger partial charge in [-0.3, -0.25) is 10.1 Å². The van der Waals surface area contributed by atoms with Crippen LogP contribution >= 0.6 is 23.2 Å². The minimum absolute atomic E-state index is 0.134. The smallest absolute Gasteiger partial charge is 0.306 e. The van der Waals surface area contributed by atoms with E-state index >= 15 is 0 Å². The predicted octanol–water partition coefficient (Wildman–Crippen LogP) is 4.85. The van der Waals surface area contributed by atoms with Crippen molar-refractivity contribution in [2.45, 2.75) is 0 Å². The molecule has 0 unspecified atom stereocenters. The van der Waals surface area contributed by atoms with Crippen LogP contribution in [0.25, 0.3) is 11.3 Å². The van der Waals surface area contributed by atoms with E-state index < -0.39 is 11.0 Å². The minimum Gasteiger partial charge on any atom is -0.306 e. The van der Waals surface area contributed by atoms with E-state index in [1.54, 1.807) is 30.3 Å². The van der Waals surface area contributed by atoms with Gasteiger partial charge in [0.1, 0.15) is 0 Å². The number of hydrogen-bond acceptors (Lipinski definition) is 4. The Morgan fingerprint density at radius 3 is 2.48 bits per heavy atom. The van der Waals surface area contributed by atoms with Crippen LogP contribution in [0, 0.1) is 10.1 Å². The summed E-state index contributed by atoms with van der Waals surface area (Å²) in [5.74, 6) is 0. The van der Waals surface area contributed by atoms with Crippen molar-refractivity contribution in [3.05, 3.63) is 74.9 Å². The van der Waals surface area contributed by atoms with Crippen molar-refractivity contribution in [1.82, 2.24) is 9.78 Å². The lowest BCUT2D eigenvalue weighted by molar-refractivity contribution is -0.384. The average Bonchev–Trinajstić information content (AvgIpc) is 3.06. The summed E-state index contributed by atoms with van der Waals surface area (Å²) in [5.41, 5.74) is 1.28. The topological polar surface area (TPSA) is 90.1 Å². The second-order valence-corrected chi connectivity index (χ2v) is 5.83. The van der Waals surface area contributed by atoms with E-state index in [9.17, 15) is 14.9 Å². The van der Waals surface area contributed by atoms with Crippen LogP contribution in [0.3, 0.4) is 0 Å². The molecule has 0 bridgehead atoms. The molecule has 0 aliphatic carbocycles. The van der Waals surface area contributed by atoms with E-state index in [1.807, 2.05) is 0 Å². The highest BCUT2D eigenvalue weighted by Crippen LogP contribution is 2.31. The summed E-state index contributed by atoms with van der Waals surface area (Å²) in [4.78, 5) is 22.7. The molecular formula is C16H10Cl2N4O3. The lowest BCUT2D eigenvalue weighted by Crippen LogP contribution is -2.21. The summed E-state index contributed by atoms with van der Waals surface area (Å²) in [6.45, 7) is 0. The predicted molar refractivity (Wildman–Crippen MR) is 95.2 cm³/mol. The second kappa shape index (κ2) is 6.92. The summed E-state index contributed by atoms with van der Waals surface area (Å²) >= 11 is 11.9. The normalized spacial score (nSPS) is 10.5. The van der Waals surface area contributed by atoms with E-state index in [0.717, 1.165) is 4.68 Å². The van der Waals surface area contributed by atoms with Gasteiger partial charge < -0.3 is 5.32 Å². The third-order valence-electron chi connectivity index (χ3n) is 3.37. The number of amides is 1. The number of rotatable bonds is 3. The van der Waals surface area contributed by atoms with Crippen LogP contribution < -0.4 is 5.32 Å². The van der Waals surface area contributed by atoms with Crippen LogP contribution in [0.5, 0.6) is 0 Å². The fraction of sp³-hybridized carbons (Fsp3) is 0. The number of nitrogens with zero attached hydrogens (tertiary/aromatic N) is 3. The van der Waals surface area contributed by atoms with E-state index in [-0.39, 0.29) is 10.7 Å². The van der Waals surface area contributed by atoms with Crippen molar-refractivity contribution < 1.29 is 9.72 Å². The van der Waals surface area contributed by atoms with Gasteiger partial charge in [0, 0.05) is 28.4 Å². The van der Waals surface area contributed by atoms with Crippen molar-refractivity contribution in [3.63, 3.8) is 0 Å². The van der Waals surface area contributed by atoms with Crippen LogP contribution in [0.4, 0.5) is 16.2 Å².